The number of allylic oxidation sites excluding steroid dienone is 4. The van der Waals surface area contributed by atoms with Crippen molar-refractivity contribution in [1.29, 1.82) is 0 Å². The molecular weight excluding hydrogens is 561 g/mol. The molecule has 2 aliphatic rings. The van der Waals surface area contributed by atoms with Gasteiger partial charge in [0.05, 0.1) is 0 Å². The third-order valence-electron chi connectivity index (χ3n) is 8.34. The number of alkyl halides is 3. The Morgan fingerprint density at radius 1 is 0.857 bits per heavy atom. The van der Waals surface area contributed by atoms with Gasteiger partial charge in [0.1, 0.15) is 40.1 Å². The topological polar surface area (TPSA) is 26.3 Å². The van der Waals surface area contributed by atoms with Gasteiger partial charge in [0.25, 0.3) is 0 Å². The molecule has 0 aromatic heterocycles. The summed E-state index contributed by atoms with van der Waals surface area (Å²) < 4.78 is 100. The van der Waals surface area contributed by atoms with Gasteiger partial charge in [-0.25, -0.2) is 22.4 Å². The highest BCUT2D eigenvalue weighted by molar-refractivity contribution is 5.92. The van der Waals surface area contributed by atoms with E-state index in [9.17, 15) is 35.5 Å². The summed E-state index contributed by atoms with van der Waals surface area (Å²) in [5.74, 6) is -7.35. The molecule has 42 heavy (non-hydrogen) atoms. The lowest BCUT2D eigenvalue weighted by Gasteiger charge is -2.27. The number of rotatable bonds is 9. The molecule has 0 amide bonds. The van der Waals surface area contributed by atoms with E-state index >= 15 is 0 Å². The second-order valence-corrected chi connectivity index (χ2v) is 11.4. The number of esters is 1. The quantitative estimate of drug-likeness (QED) is 0.0947. The van der Waals surface area contributed by atoms with E-state index in [1.807, 2.05) is 6.08 Å². The van der Waals surface area contributed by atoms with Crippen LogP contribution in [0, 0.1) is 41.0 Å². The molecule has 1 atom stereocenters. The normalized spacial score (nSPS) is 21.4. The Balaban J connectivity index is 1.35. The zero-order valence-electron chi connectivity index (χ0n) is 23.5. The molecule has 2 nitrogen and oxygen atoms in total. The second-order valence-electron chi connectivity index (χ2n) is 11.4. The second kappa shape index (κ2) is 13.9. The lowest BCUT2D eigenvalue weighted by Crippen LogP contribution is -2.16. The van der Waals surface area contributed by atoms with Gasteiger partial charge in [-0.05, 0) is 86.0 Å². The largest absolute Gasteiger partial charge is 0.423 e. The van der Waals surface area contributed by atoms with E-state index in [1.54, 1.807) is 0 Å². The molecule has 0 bridgehead atoms. The summed E-state index contributed by atoms with van der Waals surface area (Å²) in [6, 6.07) is 2.22. The maximum atomic E-state index is 14.8. The molecule has 1 saturated carbocycles. The average Bonchev–Trinajstić information content (AvgIpc) is 2.91. The van der Waals surface area contributed by atoms with Crippen LogP contribution in [-0.4, -0.2) is 5.97 Å². The lowest BCUT2D eigenvalue weighted by molar-refractivity contribution is -0.142. The Kier molecular flexibility index (Phi) is 10.5. The maximum absolute atomic E-state index is 14.8. The monoisotopic (exact) mass is 596 g/mol. The minimum absolute atomic E-state index is 0.130. The Bertz CT molecular complexity index is 1270. The third kappa shape index (κ3) is 8.04. The molecule has 1 fully saturated rings. The van der Waals surface area contributed by atoms with Crippen LogP contribution < -0.4 is 4.74 Å². The van der Waals surface area contributed by atoms with Crippen LogP contribution in [0.2, 0.25) is 0 Å². The molecule has 0 aliphatic heterocycles. The standard InChI is InChI=1S/C33H35F7O2/c1-2-3-4-5-20-6-8-21(9-7-20)10-11-22-12-14-23(15-13-22)24-16-26(34)30(27(35)17-24)32(41)42-25-18-28(36)31(29(37)19-25)33(38,39)40/h10-11,14,16-22H,2-9,12-13,15H2,1H3. The molecule has 2 aliphatic carbocycles. The summed E-state index contributed by atoms with van der Waals surface area (Å²) in [6.07, 6.45) is 13.6. The van der Waals surface area contributed by atoms with Crippen LogP contribution in [0.25, 0.3) is 5.57 Å². The zero-order chi connectivity index (χ0) is 30.4. The van der Waals surface area contributed by atoms with Crippen LogP contribution in [0.5, 0.6) is 5.75 Å². The Morgan fingerprint density at radius 3 is 2.02 bits per heavy atom. The predicted molar refractivity (Wildman–Crippen MR) is 147 cm³/mol. The molecule has 1 unspecified atom stereocenters. The molecule has 2 aromatic carbocycles. The SMILES string of the molecule is CCCCCC1CCC(C=CC2CC=C(c3cc(F)c(C(=O)Oc4cc(F)c(C(F)(F)F)c(F)c4)c(F)c3)CC2)CC1. The molecule has 9 heteroatoms. The van der Waals surface area contributed by atoms with Crippen LogP contribution in [-0.2, 0) is 6.18 Å². The van der Waals surface area contributed by atoms with E-state index in [2.05, 4.69) is 23.8 Å². The van der Waals surface area contributed by atoms with Crippen molar-refractivity contribution in [3.63, 3.8) is 0 Å². The lowest BCUT2D eigenvalue weighted by atomic mass is 9.79. The summed E-state index contributed by atoms with van der Waals surface area (Å²) >= 11 is 0. The van der Waals surface area contributed by atoms with E-state index in [0.717, 1.165) is 36.5 Å². The minimum atomic E-state index is -5.32. The summed E-state index contributed by atoms with van der Waals surface area (Å²) in [4.78, 5) is 12.4. The van der Waals surface area contributed by atoms with Crippen molar-refractivity contribution < 1.29 is 40.3 Å². The molecule has 0 saturated heterocycles. The first-order valence-electron chi connectivity index (χ1n) is 14.6. The molecule has 0 N–H and O–H groups in total. The number of carbonyl (C=O) groups excluding carboxylic acids is 1. The number of ether oxygens (including phenoxy) is 1. The summed E-state index contributed by atoms with van der Waals surface area (Å²) in [5.41, 5.74) is -2.28. The Morgan fingerprint density at radius 2 is 1.48 bits per heavy atom. The van der Waals surface area contributed by atoms with E-state index in [0.29, 0.717) is 18.3 Å². The Labute approximate surface area is 241 Å². The fourth-order valence-electron chi connectivity index (χ4n) is 5.95. The van der Waals surface area contributed by atoms with Gasteiger partial charge in [0.2, 0.25) is 0 Å². The summed E-state index contributed by atoms with van der Waals surface area (Å²) in [5, 5.41) is 0. The highest BCUT2D eigenvalue weighted by atomic mass is 19.4. The molecule has 2 aromatic rings. The highest BCUT2D eigenvalue weighted by Crippen LogP contribution is 2.37. The number of unbranched alkanes of at least 4 members (excludes halogenated alkanes) is 2. The number of hydrogen-bond acceptors (Lipinski definition) is 2. The molecule has 228 valence electrons. The number of hydrogen-bond donors (Lipinski definition) is 0. The van der Waals surface area contributed by atoms with Crippen molar-refractivity contribution in [1.82, 2.24) is 0 Å². The van der Waals surface area contributed by atoms with Gasteiger partial charge >= 0.3 is 12.1 Å². The van der Waals surface area contributed by atoms with Crippen LogP contribution >= 0.6 is 0 Å². The molecule has 4 rings (SSSR count). The molecular formula is C33H35F7O2. The van der Waals surface area contributed by atoms with Crippen molar-refractivity contribution in [3.8, 4) is 5.75 Å². The number of carbonyl (C=O) groups is 1. The number of benzene rings is 2. The predicted octanol–water partition coefficient (Wildman–Crippen LogP) is 10.6. The van der Waals surface area contributed by atoms with Crippen molar-refractivity contribution in [2.24, 2.45) is 17.8 Å². The van der Waals surface area contributed by atoms with Crippen LogP contribution in [0.3, 0.4) is 0 Å². The molecule has 0 heterocycles. The molecule has 0 spiro atoms. The fourth-order valence-corrected chi connectivity index (χ4v) is 5.95. The fraction of sp³-hybridized carbons (Fsp3) is 0.485. The summed E-state index contributed by atoms with van der Waals surface area (Å²) in [6.45, 7) is 2.23. The van der Waals surface area contributed by atoms with Crippen LogP contribution in [0.4, 0.5) is 30.7 Å². The van der Waals surface area contributed by atoms with Crippen molar-refractivity contribution in [2.45, 2.75) is 83.7 Å². The van der Waals surface area contributed by atoms with Gasteiger partial charge < -0.3 is 4.74 Å². The van der Waals surface area contributed by atoms with Crippen molar-refractivity contribution >= 4 is 11.5 Å². The van der Waals surface area contributed by atoms with E-state index < -0.39 is 52.3 Å². The highest BCUT2D eigenvalue weighted by Gasteiger charge is 2.38. The first-order valence-corrected chi connectivity index (χ1v) is 14.6. The van der Waals surface area contributed by atoms with Gasteiger partial charge in [0, 0.05) is 12.1 Å². The summed E-state index contributed by atoms with van der Waals surface area (Å²) in [7, 11) is 0. The van der Waals surface area contributed by atoms with Crippen LogP contribution in [0.15, 0.2) is 42.5 Å². The molecule has 0 radical (unpaired) electrons. The van der Waals surface area contributed by atoms with Gasteiger partial charge in [-0.2, -0.15) is 13.2 Å². The van der Waals surface area contributed by atoms with Crippen molar-refractivity contribution in [3.05, 3.63) is 82.5 Å². The Hall–Kier alpha value is -3.10. The first kappa shape index (κ1) is 31.8. The average molecular weight is 597 g/mol. The van der Waals surface area contributed by atoms with Crippen molar-refractivity contribution in [2.75, 3.05) is 0 Å². The maximum Gasteiger partial charge on any atom is 0.422 e. The number of halogens is 7. The van der Waals surface area contributed by atoms with E-state index in [4.69, 9.17) is 0 Å². The zero-order valence-corrected chi connectivity index (χ0v) is 23.5. The van der Waals surface area contributed by atoms with Gasteiger partial charge in [-0.3, -0.25) is 0 Å². The van der Waals surface area contributed by atoms with Gasteiger partial charge in [0.15, 0.2) is 0 Å². The first-order chi connectivity index (χ1) is 20.0. The third-order valence-corrected chi connectivity index (χ3v) is 8.34. The van der Waals surface area contributed by atoms with E-state index in [1.165, 1.54) is 51.4 Å². The van der Waals surface area contributed by atoms with Gasteiger partial charge in [-0.1, -0.05) is 50.8 Å². The van der Waals surface area contributed by atoms with Gasteiger partial charge in [-0.15, -0.1) is 0 Å². The van der Waals surface area contributed by atoms with Crippen LogP contribution in [0.1, 0.15) is 99.0 Å². The van der Waals surface area contributed by atoms with E-state index in [-0.39, 0.29) is 17.7 Å². The smallest absolute Gasteiger partial charge is 0.422 e. The minimum Gasteiger partial charge on any atom is -0.423 e.